The maximum absolute atomic E-state index is 10.6. The molecule has 2 heteroatoms. The van der Waals surface area contributed by atoms with Gasteiger partial charge in [0.15, 0.2) is 0 Å². The van der Waals surface area contributed by atoms with Crippen LogP contribution in [0, 0.1) is 11.3 Å². The first-order chi connectivity index (χ1) is 5.88. The quantitative estimate of drug-likeness (QED) is 0.715. The average molecular weight is 186 g/mol. The third-order valence-electron chi connectivity index (χ3n) is 2.55. The van der Waals surface area contributed by atoms with Crippen molar-refractivity contribution in [3.63, 3.8) is 0 Å². The number of carboxylic acid groups (broad SMARTS) is 1. The first-order valence-corrected chi connectivity index (χ1v) is 5.09. The highest BCUT2D eigenvalue weighted by Gasteiger charge is 2.25. The van der Waals surface area contributed by atoms with Crippen LogP contribution in [0.25, 0.3) is 0 Å². The van der Waals surface area contributed by atoms with Gasteiger partial charge >= 0.3 is 5.97 Å². The van der Waals surface area contributed by atoms with Gasteiger partial charge in [-0.15, -0.1) is 0 Å². The minimum absolute atomic E-state index is 0.119. The maximum Gasteiger partial charge on any atom is 0.303 e. The third kappa shape index (κ3) is 5.67. The molecule has 78 valence electrons. The van der Waals surface area contributed by atoms with Crippen LogP contribution in [-0.2, 0) is 4.79 Å². The van der Waals surface area contributed by atoms with E-state index in [2.05, 4.69) is 27.7 Å². The van der Waals surface area contributed by atoms with Crippen LogP contribution in [0.3, 0.4) is 0 Å². The highest BCUT2D eigenvalue weighted by Crippen LogP contribution is 2.32. The summed E-state index contributed by atoms with van der Waals surface area (Å²) in [5.41, 5.74) is 0.119. The van der Waals surface area contributed by atoms with Gasteiger partial charge in [-0.3, -0.25) is 4.79 Å². The molecule has 0 aliphatic rings. The van der Waals surface area contributed by atoms with Crippen molar-refractivity contribution in [2.45, 2.75) is 53.4 Å². The van der Waals surface area contributed by atoms with Crippen LogP contribution in [0.2, 0.25) is 0 Å². The lowest BCUT2D eigenvalue weighted by Gasteiger charge is -2.29. The van der Waals surface area contributed by atoms with Gasteiger partial charge in [-0.05, 0) is 17.8 Å². The summed E-state index contributed by atoms with van der Waals surface area (Å²) < 4.78 is 0. The van der Waals surface area contributed by atoms with Gasteiger partial charge in [0, 0.05) is 6.42 Å². The molecule has 0 aliphatic heterocycles. The van der Waals surface area contributed by atoms with Gasteiger partial charge in [-0.2, -0.15) is 0 Å². The number of hydrogen-bond acceptors (Lipinski definition) is 1. The smallest absolute Gasteiger partial charge is 0.303 e. The number of unbranched alkanes of at least 4 members (excludes halogenated alkanes) is 1. The summed E-state index contributed by atoms with van der Waals surface area (Å²) in [5, 5.41) is 8.75. The molecule has 0 heterocycles. The van der Waals surface area contributed by atoms with E-state index in [1.165, 1.54) is 0 Å². The van der Waals surface area contributed by atoms with Crippen LogP contribution >= 0.6 is 0 Å². The summed E-state index contributed by atoms with van der Waals surface area (Å²) in [7, 11) is 0. The third-order valence-corrected chi connectivity index (χ3v) is 2.55. The second-order valence-corrected chi connectivity index (χ2v) is 4.80. The van der Waals surface area contributed by atoms with Gasteiger partial charge in [0.1, 0.15) is 0 Å². The molecule has 0 unspecified atom stereocenters. The zero-order valence-electron chi connectivity index (χ0n) is 9.26. The first-order valence-electron chi connectivity index (χ1n) is 5.09. The Morgan fingerprint density at radius 1 is 1.38 bits per heavy atom. The molecule has 0 aromatic rings. The van der Waals surface area contributed by atoms with Crippen molar-refractivity contribution in [3.05, 3.63) is 0 Å². The van der Waals surface area contributed by atoms with E-state index in [0.717, 1.165) is 19.3 Å². The van der Waals surface area contributed by atoms with Crippen molar-refractivity contribution < 1.29 is 9.90 Å². The summed E-state index contributed by atoms with van der Waals surface area (Å²) in [6.45, 7) is 8.50. The minimum atomic E-state index is -0.670. The average Bonchev–Trinajstić information content (AvgIpc) is 1.95. The monoisotopic (exact) mass is 186 g/mol. The molecule has 2 nitrogen and oxygen atoms in total. The lowest BCUT2D eigenvalue weighted by atomic mass is 9.76. The van der Waals surface area contributed by atoms with E-state index in [4.69, 9.17) is 5.11 Å². The molecule has 0 bridgehead atoms. The zero-order valence-corrected chi connectivity index (χ0v) is 9.26. The fourth-order valence-electron chi connectivity index (χ4n) is 1.50. The molecule has 1 N–H and O–H groups in total. The van der Waals surface area contributed by atoms with Crippen LogP contribution < -0.4 is 0 Å². The van der Waals surface area contributed by atoms with Crippen LogP contribution in [0.5, 0.6) is 0 Å². The van der Waals surface area contributed by atoms with Crippen molar-refractivity contribution in [1.29, 1.82) is 0 Å². The number of carboxylic acids is 1. The van der Waals surface area contributed by atoms with E-state index in [-0.39, 0.29) is 5.41 Å². The summed E-state index contributed by atoms with van der Waals surface area (Å²) in [5.74, 6) is -0.360. The van der Waals surface area contributed by atoms with Gasteiger partial charge < -0.3 is 5.11 Å². The fourth-order valence-corrected chi connectivity index (χ4v) is 1.50. The van der Waals surface area contributed by atoms with E-state index in [1.807, 2.05) is 0 Å². The number of carbonyl (C=O) groups is 1. The topological polar surface area (TPSA) is 37.3 Å². The minimum Gasteiger partial charge on any atom is -0.481 e. The normalized spacial score (nSPS) is 14.2. The van der Waals surface area contributed by atoms with Crippen LogP contribution in [0.1, 0.15) is 53.4 Å². The predicted octanol–water partition coefficient (Wildman–Crippen LogP) is 3.31. The second kappa shape index (κ2) is 5.25. The van der Waals surface area contributed by atoms with Crippen LogP contribution in [-0.4, -0.2) is 11.1 Å². The standard InChI is InChI=1S/C11H22O2/c1-5-6-7-9(8-10(12)13)11(2,3)4/h9H,5-8H2,1-4H3,(H,12,13)/t9-/m0/s1. The Bertz CT molecular complexity index is 156. The molecule has 0 radical (unpaired) electrons. The van der Waals surface area contributed by atoms with E-state index < -0.39 is 5.97 Å². The Hall–Kier alpha value is -0.530. The molecule has 0 aromatic heterocycles. The Morgan fingerprint density at radius 3 is 2.23 bits per heavy atom. The molecule has 0 spiro atoms. The van der Waals surface area contributed by atoms with E-state index in [9.17, 15) is 4.79 Å². The molecule has 0 rings (SSSR count). The second-order valence-electron chi connectivity index (χ2n) is 4.80. The molecule has 0 aliphatic carbocycles. The summed E-state index contributed by atoms with van der Waals surface area (Å²) in [6, 6.07) is 0. The predicted molar refractivity (Wildman–Crippen MR) is 54.7 cm³/mol. The molecular weight excluding hydrogens is 164 g/mol. The van der Waals surface area contributed by atoms with Gasteiger partial charge in [0.05, 0.1) is 0 Å². The highest BCUT2D eigenvalue weighted by atomic mass is 16.4. The van der Waals surface area contributed by atoms with Gasteiger partial charge in [0.2, 0.25) is 0 Å². The van der Waals surface area contributed by atoms with Crippen molar-refractivity contribution in [2.75, 3.05) is 0 Å². The molecule has 0 aromatic carbocycles. The SMILES string of the molecule is CCCC[C@@H](CC(=O)O)C(C)(C)C. The Balaban J connectivity index is 4.11. The molecular formula is C11H22O2. The summed E-state index contributed by atoms with van der Waals surface area (Å²) in [4.78, 5) is 10.6. The van der Waals surface area contributed by atoms with E-state index >= 15 is 0 Å². The number of hydrogen-bond donors (Lipinski definition) is 1. The zero-order chi connectivity index (χ0) is 10.5. The van der Waals surface area contributed by atoms with E-state index in [1.54, 1.807) is 0 Å². The highest BCUT2D eigenvalue weighted by molar-refractivity contribution is 5.67. The van der Waals surface area contributed by atoms with Crippen LogP contribution in [0.15, 0.2) is 0 Å². The lowest BCUT2D eigenvalue weighted by Crippen LogP contribution is -2.23. The van der Waals surface area contributed by atoms with Crippen LogP contribution in [0.4, 0.5) is 0 Å². The maximum atomic E-state index is 10.6. The van der Waals surface area contributed by atoms with Crippen molar-refractivity contribution in [2.24, 2.45) is 11.3 Å². The Morgan fingerprint density at radius 2 is 1.92 bits per heavy atom. The number of rotatable bonds is 5. The van der Waals surface area contributed by atoms with E-state index in [0.29, 0.717) is 12.3 Å². The van der Waals surface area contributed by atoms with Crippen molar-refractivity contribution in [1.82, 2.24) is 0 Å². The van der Waals surface area contributed by atoms with Crippen molar-refractivity contribution >= 4 is 5.97 Å². The van der Waals surface area contributed by atoms with Gasteiger partial charge in [0.25, 0.3) is 0 Å². The molecule has 0 amide bonds. The molecule has 1 atom stereocenters. The van der Waals surface area contributed by atoms with Gasteiger partial charge in [-0.25, -0.2) is 0 Å². The van der Waals surface area contributed by atoms with Crippen molar-refractivity contribution in [3.8, 4) is 0 Å². The lowest BCUT2D eigenvalue weighted by molar-refractivity contribution is -0.139. The Labute approximate surface area is 81.3 Å². The largest absolute Gasteiger partial charge is 0.481 e. The molecule has 0 saturated carbocycles. The number of aliphatic carboxylic acids is 1. The molecule has 13 heavy (non-hydrogen) atoms. The Kier molecular flexibility index (Phi) is 5.04. The first kappa shape index (κ1) is 12.5. The van der Waals surface area contributed by atoms with Gasteiger partial charge in [-0.1, -0.05) is 40.5 Å². The fraction of sp³-hybridized carbons (Fsp3) is 0.909. The summed E-state index contributed by atoms with van der Waals surface area (Å²) >= 11 is 0. The molecule has 0 saturated heterocycles. The summed E-state index contributed by atoms with van der Waals surface area (Å²) in [6.07, 6.45) is 3.62. The molecule has 0 fully saturated rings.